The zero-order valence-electron chi connectivity index (χ0n) is 19.6. The maximum Gasteiger partial charge on any atom is 0.490 e. The van der Waals surface area contributed by atoms with E-state index in [4.69, 9.17) is 15.2 Å². The van der Waals surface area contributed by atoms with Crippen LogP contribution in [0.4, 0.5) is 13.2 Å². The number of alkyl halides is 3. The number of imidazole rings is 1. The Morgan fingerprint density at radius 3 is 2.34 bits per heavy atom. The van der Waals surface area contributed by atoms with Crippen molar-refractivity contribution >= 4 is 5.97 Å². The lowest BCUT2D eigenvalue weighted by Crippen LogP contribution is -2.21. The third-order valence-electron chi connectivity index (χ3n) is 5.30. The predicted molar refractivity (Wildman–Crippen MR) is 132 cm³/mol. The maximum absolute atomic E-state index is 10.6. The van der Waals surface area contributed by atoms with Crippen LogP contribution in [0.15, 0.2) is 91.5 Å². The first-order valence-electron chi connectivity index (χ1n) is 11.1. The second-order valence-corrected chi connectivity index (χ2v) is 7.98. The molecule has 0 atom stereocenters. The van der Waals surface area contributed by atoms with Crippen molar-refractivity contribution in [3.63, 3.8) is 0 Å². The number of carboxylic acid groups (broad SMARTS) is 1. The SMILES string of the molecule is N#Cc1ccc(Cn2cc(-c3ccnc(-c4ncc(-c5ccccc5)[nH]4)c3)cn2)cc1.O=C(O)C(F)(F)F. The second kappa shape index (κ2) is 11.2. The monoisotopic (exact) mass is 516 g/mol. The van der Waals surface area contributed by atoms with Gasteiger partial charge in [0, 0.05) is 18.0 Å². The number of aromatic amines is 1. The quantitative estimate of drug-likeness (QED) is 0.316. The van der Waals surface area contributed by atoms with E-state index in [9.17, 15) is 13.2 Å². The van der Waals surface area contributed by atoms with Gasteiger partial charge in [0.1, 0.15) is 5.69 Å². The predicted octanol–water partition coefficient (Wildman–Crippen LogP) is 5.56. The molecule has 0 unspecified atom stereocenters. The highest BCUT2D eigenvalue weighted by Gasteiger charge is 2.38. The van der Waals surface area contributed by atoms with Crippen LogP contribution in [0.5, 0.6) is 0 Å². The minimum atomic E-state index is -5.08. The van der Waals surface area contributed by atoms with Crippen LogP contribution in [0, 0.1) is 11.3 Å². The Kier molecular flexibility index (Phi) is 7.63. The van der Waals surface area contributed by atoms with Crippen molar-refractivity contribution in [2.75, 3.05) is 0 Å². The topological polar surface area (TPSA) is 120 Å². The van der Waals surface area contributed by atoms with Crippen molar-refractivity contribution in [1.82, 2.24) is 24.7 Å². The lowest BCUT2D eigenvalue weighted by atomic mass is 10.1. The van der Waals surface area contributed by atoms with Crippen LogP contribution in [-0.4, -0.2) is 42.0 Å². The van der Waals surface area contributed by atoms with Gasteiger partial charge in [-0.05, 0) is 41.0 Å². The Hall–Kier alpha value is -5.24. The molecule has 5 rings (SSSR count). The van der Waals surface area contributed by atoms with E-state index >= 15 is 0 Å². The Labute approximate surface area is 214 Å². The third-order valence-corrected chi connectivity index (χ3v) is 5.30. The number of benzene rings is 2. The molecule has 11 heteroatoms. The van der Waals surface area contributed by atoms with Crippen molar-refractivity contribution in [3.8, 4) is 40.0 Å². The van der Waals surface area contributed by atoms with Gasteiger partial charge in [-0.25, -0.2) is 9.78 Å². The number of hydrogen-bond donors (Lipinski definition) is 2. The van der Waals surface area contributed by atoms with Gasteiger partial charge in [-0.3, -0.25) is 9.67 Å². The van der Waals surface area contributed by atoms with E-state index in [-0.39, 0.29) is 0 Å². The second-order valence-electron chi connectivity index (χ2n) is 7.98. The molecule has 0 saturated carbocycles. The average molecular weight is 516 g/mol. The van der Waals surface area contributed by atoms with E-state index < -0.39 is 12.1 Å². The summed E-state index contributed by atoms with van der Waals surface area (Å²) in [4.78, 5) is 21.2. The number of halogens is 3. The highest BCUT2D eigenvalue weighted by atomic mass is 19.4. The molecular formula is C27H19F3N6O2. The molecule has 0 bridgehead atoms. The van der Waals surface area contributed by atoms with Crippen LogP contribution in [0.1, 0.15) is 11.1 Å². The Morgan fingerprint density at radius 2 is 1.68 bits per heavy atom. The van der Waals surface area contributed by atoms with Gasteiger partial charge >= 0.3 is 12.1 Å². The molecule has 2 aromatic carbocycles. The fourth-order valence-corrected chi connectivity index (χ4v) is 3.43. The van der Waals surface area contributed by atoms with Crippen molar-refractivity contribution < 1.29 is 23.1 Å². The molecule has 0 aliphatic heterocycles. The van der Waals surface area contributed by atoms with Gasteiger partial charge < -0.3 is 10.1 Å². The van der Waals surface area contributed by atoms with Gasteiger partial charge in [0.05, 0.1) is 36.3 Å². The Morgan fingerprint density at radius 1 is 0.974 bits per heavy atom. The first kappa shape index (κ1) is 25.8. The summed E-state index contributed by atoms with van der Waals surface area (Å²) in [6.45, 7) is 0.641. The fourth-order valence-electron chi connectivity index (χ4n) is 3.43. The molecule has 38 heavy (non-hydrogen) atoms. The summed E-state index contributed by atoms with van der Waals surface area (Å²) >= 11 is 0. The fraction of sp³-hybridized carbons (Fsp3) is 0.0741. The molecule has 5 aromatic rings. The van der Waals surface area contributed by atoms with Gasteiger partial charge in [0.2, 0.25) is 0 Å². The largest absolute Gasteiger partial charge is 0.490 e. The highest BCUT2D eigenvalue weighted by molar-refractivity contribution is 5.73. The smallest absolute Gasteiger partial charge is 0.475 e. The van der Waals surface area contributed by atoms with Gasteiger partial charge in [0.25, 0.3) is 0 Å². The molecule has 0 fully saturated rings. The summed E-state index contributed by atoms with van der Waals surface area (Å²) in [5.74, 6) is -2.03. The summed E-state index contributed by atoms with van der Waals surface area (Å²) in [7, 11) is 0. The normalized spacial score (nSPS) is 10.8. The molecule has 3 aromatic heterocycles. The number of carbonyl (C=O) groups is 1. The van der Waals surface area contributed by atoms with Crippen LogP contribution in [0.3, 0.4) is 0 Å². The molecule has 0 radical (unpaired) electrons. The van der Waals surface area contributed by atoms with Gasteiger partial charge in [0.15, 0.2) is 5.82 Å². The molecule has 0 spiro atoms. The first-order valence-corrected chi connectivity index (χ1v) is 11.1. The molecule has 3 heterocycles. The third kappa shape index (κ3) is 6.50. The number of nitriles is 1. The van der Waals surface area contributed by atoms with Crippen molar-refractivity contribution in [3.05, 3.63) is 103 Å². The van der Waals surface area contributed by atoms with Gasteiger partial charge in [-0.15, -0.1) is 0 Å². The van der Waals surface area contributed by atoms with Crippen molar-refractivity contribution in [2.24, 2.45) is 0 Å². The minimum Gasteiger partial charge on any atom is -0.475 e. The van der Waals surface area contributed by atoms with Crippen LogP contribution < -0.4 is 0 Å². The molecule has 0 amide bonds. The molecular weight excluding hydrogens is 497 g/mol. The number of aromatic nitrogens is 5. The van der Waals surface area contributed by atoms with E-state index in [0.29, 0.717) is 12.1 Å². The first-order chi connectivity index (χ1) is 18.2. The number of hydrogen-bond acceptors (Lipinski definition) is 5. The van der Waals surface area contributed by atoms with Gasteiger partial charge in [-0.1, -0.05) is 42.5 Å². The highest BCUT2D eigenvalue weighted by Crippen LogP contribution is 2.25. The van der Waals surface area contributed by atoms with E-state index in [1.807, 2.05) is 90.0 Å². The number of H-pyrrole nitrogens is 1. The molecule has 0 saturated heterocycles. The summed E-state index contributed by atoms with van der Waals surface area (Å²) in [6, 6.07) is 23.7. The molecule has 8 nitrogen and oxygen atoms in total. The maximum atomic E-state index is 10.6. The molecule has 0 aliphatic carbocycles. The number of aliphatic carboxylic acids is 1. The van der Waals surface area contributed by atoms with E-state index in [1.165, 1.54) is 0 Å². The van der Waals surface area contributed by atoms with E-state index in [2.05, 4.69) is 26.1 Å². The zero-order chi connectivity index (χ0) is 27.1. The zero-order valence-corrected chi connectivity index (χ0v) is 19.6. The summed E-state index contributed by atoms with van der Waals surface area (Å²) in [5.41, 5.74) is 6.59. The summed E-state index contributed by atoms with van der Waals surface area (Å²) < 4.78 is 33.6. The minimum absolute atomic E-state index is 0.641. The van der Waals surface area contributed by atoms with Crippen LogP contribution >= 0.6 is 0 Å². The summed E-state index contributed by atoms with van der Waals surface area (Å²) in [5, 5.41) is 20.5. The Bertz CT molecular complexity index is 1570. The molecule has 2 N–H and O–H groups in total. The lowest BCUT2D eigenvalue weighted by molar-refractivity contribution is -0.192. The molecule has 0 aliphatic rings. The molecule has 190 valence electrons. The number of carboxylic acids is 1. The van der Waals surface area contributed by atoms with Crippen LogP contribution in [0.2, 0.25) is 0 Å². The number of nitrogens with one attached hydrogen (secondary N) is 1. The van der Waals surface area contributed by atoms with E-state index in [1.54, 1.807) is 6.20 Å². The average Bonchev–Trinajstić information content (AvgIpc) is 3.60. The standard InChI is InChI=1S/C25H18N6.C2HF3O2/c26-13-18-6-8-19(9-7-18)16-31-17-22(14-29-31)21-10-11-27-23(12-21)25-28-15-24(30-25)20-4-2-1-3-5-20;3-2(4,5)1(6)7/h1-12,14-15,17H,16H2,(H,28,30);(H,6,7). The van der Waals surface area contributed by atoms with Gasteiger partial charge in [-0.2, -0.15) is 23.5 Å². The van der Waals surface area contributed by atoms with Crippen molar-refractivity contribution in [2.45, 2.75) is 12.7 Å². The number of pyridine rings is 1. The summed E-state index contributed by atoms with van der Waals surface area (Å²) in [6.07, 6.45) is 2.39. The van der Waals surface area contributed by atoms with Crippen molar-refractivity contribution in [1.29, 1.82) is 5.26 Å². The Balaban J connectivity index is 0.000000426. The lowest BCUT2D eigenvalue weighted by Gasteiger charge is -2.02. The number of rotatable bonds is 5. The van der Waals surface area contributed by atoms with E-state index in [0.717, 1.165) is 39.5 Å². The van der Waals surface area contributed by atoms with Crippen LogP contribution in [0.25, 0.3) is 33.9 Å². The van der Waals surface area contributed by atoms with Crippen LogP contribution in [-0.2, 0) is 11.3 Å². The number of nitrogens with zero attached hydrogens (tertiary/aromatic N) is 5.